The predicted molar refractivity (Wildman–Crippen MR) is 56.3 cm³/mol. The molecule has 98 valence electrons. The Kier molecular flexibility index (Phi) is 2.71. The smallest absolute Gasteiger partial charge is 0.396 e. The van der Waals surface area contributed by atoms with Gasteiger partial charge < -0.3 is 11.1 Å². The number of anilines is 1. The van der Waals surface area contributed by atoms with Crippen LogP contribution in [0.3, 0.4) is 0 Å². The van der Waals surface area contributed by atoms with Crippen molar-refractivity contribution in [1.29, 1.82) is 0 Å². The third-order valence-corrected chi connectivity index (χ3v) is 2.91. The summed E-state index contributed by atoms with van der Waals surface area (Å²) in [6, 6.07) is 3.13. The molecule has 0 unspecified atom stereocenters. The molecule has 7 heteroatoms. The lowest BCUT2D eigenvalue weighted by atomic mass is 10.1. The van der Waals surface area contributed by atoms with Crippen LogP contribution in [-0.2, 0) is 0 Å². The van der Waals surface area contributed by atoms with Crippen molar-refractivity contribution >= 4 is 11.6 Å². The number of benzene rings is 1. The molecule has 3 nitrogen and oxygen atoms in total. The van der Waals surface area contributed by atoms with E-state index in [4.69, 9.17) is 5.73 Å². The molecular formula is C11H10F4N2O. The van der Waals surface area contributed by atoms with Gasteiger partial charge in [0.1, 0.15) is 11.4 Å². The van der Waals surface area contributed by atoms with Crippen LogP contribution in [0.5, 0.6) is 0 Å². The first kappa shape index (κ1) is 12.7. The number of hydrogen-bond acceptors (Lipinski definition) is 2. The van der Waals surface area contributed by atoms with Crippen LogP contribution < -0.4 is 11.1 Å². The first-order chi connectivity index (χ1) is 8.25. The fourth-order valence-electron chi connectivity index (χ4n) is 1.56. The van der Waals surface area contributed by atoms with Crippen molar-refractivity contribution in [2.24, 2.45) is 0 Å². The van der Waals surface area contributed by atoms with Gasteiger partial charge >= 0.3 is 6.18 Å². The number of halogens is 4. The molecule has 0 saturated heterocycles. The maximum atomic E-state index is 13.1. The standard InChI is InChI=1S/C11H10F4N2O/c12-7-5-6(1-2-8(7)16)9(18)17-10(3-4-10)11(13,14)15/h1-2,5H,3-4,16H2,(H,17,18). The number of nitrogens with one attached hydrogen (secondary N) is 1. The number of carbonyl (C=O) groups excluding carboxylic acids is 1. The Morgan fingerprint density at radius 1 is 1.33 bits per heavy atom. The summed E-state index contributed by atoms with van der Waals surface area (Å²) in [7, 11) is 0. The number of hydrogen-bond donors (Lipinski definition) is 2. The van der Waals surface area contributed by atoms with E-state index >= 15 is 0 Å². The second-order valence-corrected chi connectivity index (χ2v) is 4.27. The molecule has 1 aliphatic rings. The molecule has 1 fully saturated rings. The van der Waals surface area contributed by atoms with Gasteiger partial charge in [-0.15, -0.1) is 0 Å². The Bertz CT molecular complexity index is 494. The van der Waals surface area contributed by atoms with Crippen molar-refractivity contribution in [2.45, 2.75) is 24.6 Å². The van der Waals surface area contributed by atoms with E-state index < -0.39 is 23.4 Å². The van der Waals surface area contributed by atoms with Gasteiger partial charge in [0.15, 0.2) is 0 Å². The Hall–Kier alpha value is -1.79. The number of alkyl halides is 3. The fraction of sp³-hybridized carbons (Fsp3) is 0.364. The van der Waals surface area contributed by atoms with Crippen molar-refractivity contribution in [2.75, 3.05) is 5.73 Å². The molecule has 18 heavy (non-hydrogen) atoms. The summed E-state index contributed by atoms with van der Waals surface area (Å²) in [6.07, 6.45) is -4.80. The molecule has 0 aromatic heterocycles. The van der Waals surface area contributed by atoms with Gasteiger partial charge in [0, 0.05) is 5.56 Å². The van der Waals surface area contributed by atoms with E-state index in [1.54, 1.807) is 0 Å². The number of amides is 1. The van der Waals surface area contributed by atoms with Crippen molar-refractivity contribution in [3.05, 3.63) is 29.6 Å². The maximum absolute atomic E-state index is 13.1. The highest BCUT2D eigenvalue weighted by Crippen LogP contribution is 2.49. The Labute approximate surface area is 100.0 Å². The topological polar surface area (TPSA) is 55.1 Å². The highest BCUT2D eigenvalue weighted by molar-refractivity contribution is 5.95. The van der Waals surface area contributed by atoms with Crippen LogP contribution in [0.1, 0.15) is 23.2 Å². The van der Waals surface area contributed by atoms with E-state index in [1.807, 2.05) is 5.32 Å². The molecule has 3 N–H and O–H groups in total. The molecule has 1 aromatic carbocycles. The van der Waals surface area contributed by atoms with Gasteiger partial charge in [-0.2, -0.15) is 13.2 Å². The normalized spacial score (nSPS) is 17.3. The molecule has 0 aliphatic heterocycles. The number of rotatable bonds is 2. The van der Waals surface area contributed by atoms with Gasteiger partial charge in [-0.3, -0.25) is 4.79 Å². The van der Waals surface area contributed by atoms with Gasteiger partial charge in [0.2, 0.25) is 0 Å². The van der Waals surface area contributed by atoms with Crippen LogP contribution in [0.4, 0.5) is 23.2 Å². The van der Waals surface area contributed by atoms with E-state index in [9.17, 15) is 22.4 Å². The minimum Gasteiger partial charge on any atom is -0.396 e. The number of nitrogen functional groups attached to an aromatic ring is 1. The Balaban J connectivity index is 2.16. The van der Waals surface area contributed by atoms with Crippen molar-refractivity contribution in [3.63, 3.8) is 0 Å². The zero-order valence-corrected chi connectivity index (χ0v) is 9.14. The summed E-state index contributed by atoms with van der Waals surface area (Å²) in [5.74, 6) is -1.79. The van der Waals surface area contributed by atoms with Gasteiger partial charge in [0.05, 0.1) is 5.69 Å². The summed E-state index contributed by atoms with van der Waals surface area (Å²) in [5, 5.41) is 1.90. The first-order valence-electron chi connectivity index (χ1n) is 5.19. The second kappa shape index (κ2) is 3.86. The molecule has 0 radical (unpaired) electrons. The summed E-state index contributed by atoms with van der Waals surface area (Å²) < 4.78 is 50.9. The van der Waals surface area contributed by atoms with E-state index in [0.29, 0.717) is 0 Å². The third kappa shape index (κ3) is 2.12. The molecular weight excluding hydrogens is 252 g/mol. The van der Waals surface area contributed by atoms with E-state index in [1.165, 1.54) is 6.07 Å². The van der Waals surface area contributed by atoms with Crippen LogP contribution in [0.15, 0.2) is 18.2 Å². The average Bonchev–Trinajstić information content (AvgIpc) is 3.02. The van der Waals surface area contributed by atoms with E-state index in [0.717, 1.165) is 12.1 Å². The molecule has 0 bridgehead atoms. The zero-order chi connectivity index (χ0) is 13.6. The van der Waals surface area contributed by atoms with Gasteiger partial charge in [-0.25, -0.2) is 4.39 Å². The molecule has 0 atom stereocenters. The SMILES string of the molecule is Nc1ccc(C(=O)NC2(C(F)(F)F)CC2)cc1F. The van der Waals surface area contributed by atoms with Crippen molar-refractivity contribution < 1.29 is 22.4 Å². The second-order valence-electron chi connectivity index (χ2n) is 4.27. The van der Waals surface area contributed by atoms with Crippen LogP contribution in [0.25, 0.3) is 0 Å². The molecule has 0 spiro atoms. The molecule has 1 saturated carbocycles. The van der Waals surface area contributed by atoms with Crippen LogP contribution >= 0.6 is 0 Å². The first-order valence-corrected chi connectivity index (χ1v) is 5.19. The molecule has 1 aromatic rings. The van der Waals surface area contributed by atoms with E-state index in [-0.39, 0.29) is 24.1 Å². The molecule has 2 rings (SSSR count). The van der Waals surface area contributed by atoms with Crippen LogP contribution in [-0.4, -0.2) is 17.6 Å². The molecule has 1 amide bonds. The average molecular weight is 262 g/mol. The van der Waals surface area contributed by atoms with Crippen LogP contribution in [0.2, 0.25) is 0 Å². The highest BCUT2D eigenvalue weighted by Gasteiger charge is 2.64. The number of nitrogens with two attached hydrogens (primary N) is 1. The summed E-state index contributed by atoms with van der Waals surface area (Å²) in [6.45, 7) is 0. The lowest BCUT2D eigenvalue weighted by Crippen LogP contribution is -2.47. The van der Waals surface area contributed by atoms with Gasteiger partial charge in [-0.05, 0) is 31.0 Å². The minimum absolute atomic E-state index is 0.153. The van der Waals surface area contributed by atoms with Crippen molar-refractivity contribution in [3.8, 4) is 0 Å². The highest BCUT2D eigenvalue weighted by atomic mass is 19.4. The summed E-state index contributed by atoms with van der Waals surface area (Å²) in [4.78, 5) is 11.6. The lowest BCUT2D eigenvalue weighted by molar-refractivity contribution is -0.163. The third-order valence-electron chi connectivity index (χ3n) is 2.91. The molecule has 1 aliphatic carbocycles. The fourth-order valence-corrected chi connectivity index (χ4v) is 1.56. The Morgan fingerprint density at radius 2 is 1.94 bits per heavy atom. The minimum atomic E-state index is -4.49. The zero-order valence-electron chi connectivity index (χ0n) is 9.14. The summed E-state index contributed by atoms with van der Waals surface area (Å²) in [5.41, 5.74) is 2.71. The van der Waals surface area contributed by atoms with Crippen LogP contribution in [0, 0.1) is 5.82 Å². The maximum Gasteiger partial charge on any atom is 0.411 e. The Morgan fingerprint density at radius 3 is 2.39 bits per heavy atom. The summed E-state index contributed by atoms with van der Waals surface area (Å²) >= 11 is 0. The largest absolute Gasteiger partial charge is 0.411 e. The lowest BCUT2D eigenvalue weighted by Gasteiger charge is -2.20. The monoisotopic (exact) mass is 262 g/mol. The number of carbonyl (C=O) groups is 1. The van der Waals surface area contributed by atoms with E-state index in [2.05, 4.69) is 0 Å². The van der Waals surface area contributed by atoms with Gasteiger partial charge in [-0.1, -0.05) is 0 Å². The predicted octanol–water partition coefficient (Wildman–Crippen LogP) is 2.23. The quantitative estimate of drug-likeness (QED) is 0.634. The van der Waals surface area contributed by atoms with Gasteiger partial charge in [0.25, 0.3) is 5.91 Å². The van der Waals surface area contributed by atoms with Crippen molar-refractivity contribution in [1.82, 2.24) is 5.32 Å². The molecule has 0 heterocycles.